The molecule has 0 saturated carbocycles. The molecule has 0 bridgehead atoms. The lowest BCUT2D eigenvalue weighted by Crippen LogP contribution is -1.93. The Labute approximate surface area is 100 Å². The van der Waals surface area contributed by atoms with E-state index in [9.17, 15) is 4.21 Å². The van der Waals surface area contributed by atoms with Crippen LogP contribution in [0, 0.1) is 22.7 Å². The Kier molecular flexibility index (Phi) is 4.16. The van der Waals surface area contributed by atoms with Crippen molar-refractivity contribution in [2.75, 3.05) is 0 Å². The van der Waals surface area contributed by atoms with Gasteiger partial charge in [0.05, 0.1) is 15.5 Å². The average molecular weight is 258 g/mol. The Bertz CT molecular complexity index is 470. The molecule has 1 unspecified atom stereocenters. The topological polar surface area (TPSA) is 64.7 Å². The Morgan fingerprint density at radius 3 is 2.60 bits per heavy atom. The predicted octanol–water partition coefficient (Wildman–Crippen LogP) is 3.02. The molecule has 0 N–H and O–H groups in total. The molecule has 3 nitrogen and oxygen atoms in total. The van der Waals surface area contributed by atoms with Crippen molar-refractivity contribution >= 4 is 34.6 Å². The summed E-state index contributed by atoms with van der Waals surface area (Å²) >= 11 is 7.40. The van der Waals surface area contributed by atoms with Gasteiger partial charge in [0.15, 0.2) is 0 Å². The van der Waals surface area contributed by atoms with E-state index < -0.39 is 0 Å². The number of nitriles is 2. The first-order valence-electron chi connectivity index (χ1n) is 4.10. The number of rotatable bonds is 3. The van der Waals surface area contributed by atoms with Crippen LogP contribution in [0.1, 0.15) is 33.9 Å². The third-order valence-electron chi connectivity index (χ3n) is 1.87. The molecule has 1 rings (SSSR count). The number of hydrogen-bond donors (Lipinski definition) is 0. The molecule has 15 heavy (non-hydrogen) atoms. The van der Waals surface area contributed by atoms with Crippen LogP contribution in [0.2, 0.25) is 5.02 Å². The zero-order valence-corrected chi connectivity index (χ0v) is 10.2. The lowest BCUT2D eigenvalue weighted by Gasteiger charge is -1.92. The van der Waals surface area contributed by atoms with Gasteiger partial charge < -0.3 is 0 Å². The van der Waals surface area contributed by atoms with Crippen molar-refractivity contribution < 1.29 is 4.21 Å². The molecule has 1 aromatic heterocycles. The van der Waals surface area contributed by atoms with Gasteiger partial charge >= 0.3 is 11.7 Å². The van der Waals surface area contributed by atoms with Gasteiger partial charge in [0, 0.05) is 10.6 Å². The predicted molar refractivity (Wildman–Crippen MR) is 59.8 cm³/mol. The SMILES string of the molecule is CCC([S+]=O)c1sc(C#N)c(Cl)c1C#N. The molecule has 0 amide bonds. The van der Waals surface area contributed by atoms with E-state index in [1.807, 2.05) is 19.1 Å². The Morgan fingerprint density at radius 2 is 2.20 bits per heavy atom. The Balaban J connectivity index is 3.37. The minimum atomic E-state index is -0.302. The maximum atomic E-state index is 10.8. The molecule has 0 aromatic carbocycles. The number of nitrogens with zero attached hydrogens (tertiary/aromatic N) is 2. The van der Waals surface area contributed by atoms with Crippen LogP contribution in [0.25, 0.3) is 0 Å². The molecule has 0 aliphatic heterocycles. The molecular formula is C9H6ClN2OS2+. The second kappa shape index (κ2) is 5.18. The van der Waals surface area contributed by atoms with Crippen LogP contribution in [0.5, 0.6) is 0 Å². The molecule has 0 fully saturated rings. The van der Waals surface area contributed by atoms with E-state index in [4.69, 9.17) is 22.1 Å². The molecule has 76 valence electrons. The fourth-order valence-corrected chi connectivity index (χ4v) is 3.09. The fourth-order valence-electron chi connectivity index (χ4n) is 1.13. The standard InChI is InChI=1S/C9H6ClN2OS2/c1-2-6(15-13)9-5(3-11)8(10)7(4-12)14-9/h6H,2H2,1H3/q+1. The van der Waals surface area contributed by atoms with Gasteiger partial charge in [-0.2, -0.15) is 10.5 Å². The summed E-state index contributed by atoms with van der Waals surface area (Å²) in [7, 11) is 0. The quantitative estimate of drug-likeness (QED) is 0.782. The van der Waals surface area contributed by atoms with E-state index in [0.717, 1.165) is 11.3 Å². The summed E-state index contributed by atoms with van der Waals surface area (Å²) in [5.74, 6) is 0. The van der Waals surface area contributed by atoms with Crippen molar-refractivity contribution in [2.24, 2.45) is 0 Å². The zero-order chi connectivity index (χ0) is 11.4. The van der Waals surface area contributed by atoms with Gasteiger partial charge in [-0.3, -0.25) is 0 Å². The summed E-state index contributed by atoms with van der Waals surface area (Å²) in [6.07, 6.45) is 0.616. The van der Waals surface area contributed by atoms with Crippen molar-refractivity contribution in [3.63, 3.8) is 0 Å². The van der Waals surface area contributed by atoms with Gasteiger partial charge in [-0.25, -0.2) is 0 Å². The molecule has 0 spiro atoms. The van der Waals surface area contributed by atoms with Gasteiger partial charge in [-0.05, 0) is 0 Å². The second-order valence-electron chi connectivity index (χ2n) is 2.70. The largest absolute Gasteiger partial charge is 0.468 e. The highest BCUT2D eigenvalue weighted by Gasteiger charge is 2.30. The van der Waals surface area contributed by atoms with Gasteiger partial charge in [-0.15, -0.1) is 11.3 Å². The van der Waals surface area contributed by atoms with Crippen molar-refractivity contribution in [1.82, 2.24) is 0 Å². The van der Waals surface area contributed by atoms with Crippen molar-refractivity contribution in [3.8, 4) is 12.1 Å². The first-order valence-corrected chi connectivity index (χ1v) is 6.10. The molecule has 0 aliphatic carbocycles. The number of halogens is 1. The smallest absolute Gasteiger partial charge is 0.192 e. The lowest BCUT2D eigenvalue weighted by atomic mass is 10.2. The molecule has 6 heteroatoms. The van der Waals surface area contributed by atoms with E-state index in [-0.39, 0.29) is 15.8 Å². The van der Waals surface area contributed by atoms with Crippen LogP contribution in [0.15, 0.2) is 0 Å². The van der Waals surface area contributed by atoms with Crippen LogP contribution in [0.3, 0.4) is 0 Å². The normalized spacial score (nSPS) is 11.5. The molecule has 1 aromatic rings. The minimum Gasteiger partial charge on any atom is -0.192 e. The van der Waals surface area contributed by atoms with E-state index in [1.165, 1.54) is 0 Å². The van der Waals surface area contributed by atoms with E-state index in [1.54, 1.807) is 0 Å². The summed E-state index contributed by atoms with van der Waals surface area (Å²) in [4.78, 5) is 0.914. The Hall–Kier alpha value is -1.01. The molecule has 0 radical (unpaired) electrons. The van der Waals surface area contributed by atoms with Crippen LogP contribution in [-0.2, 0) is 15.9 Å². The first-order chi connectivity index (χ1) is 7.19. The van der Waals surface area contributed by atoms with E-state index in [0.29, 0.717) is 27.8 Å². The summed E-state index contributed by atoms with van der Waals surface area (Å²) < 4.78 is 10.8. The van der Waals surface area contributed by atoms with Crippen molar-refractivity contribution in [2.45, 2.75) is 18.6 Å². The van der Waals surface area contributed by atoms with E-state index in [2.05, 4.69) is 0 Å². The van der Waals surface area contributed by atoms with Gasteiger partial charge in [0.2, 0.25) is 0 Å². The number of thiophene rings is 1. The molecular weight excluding hydrogens is 252 g/mol. The number of hydrogen-bond acceptors (Lipinski definition) is 4. The molecule has 0 saturated heterocycles. The zero-order valence-electron chi connectivity index (χ0n) is 7.78. The minimum absolute atomic E-state index is 0.174. The highest BCUT2D eigenvalue weighted by molar-refractivity contribution is 7.66. The van der Waals surface area contributed by atoms with Crippen LogP contribution < -0.4 is 0 Å². The second-order valence-corrected chi connectivity index (χ2v) is 4.89. The van der Waals surface area contributed by atoms with Gasteiger partial charge in [0.25, 0.3) is 5.25 Å². The molecule has 0 aliphatic rings. The van der Waals surface area contributed by atoms with Crippen LogP contribution in [0.4, 0.5) is 0 Å². The summed E-state index contributed by atoms with van der Waals surface area (Å²) in [6, 6.07) is 3.86. The fraction of sp³-hybridized carbons (Fsp3) is 0.333. The molecule has 1 heterocycles. The Morgan fingerprint density at radius 1 is 1.53 bits per heavy atom. The van der Waals surface area contributed by atoms with Crippen LogP contribution >= 0.6 is 22.9 Å². The summed E-state index contributed by atoms with van der Waals surface area (Å²) in [6.45, 7) is 1.86. The van der Waals surface area contributed by atoms with E-state index >= 15 is 0 Å². The first kappa shape index (κ1) is 12.1. The highest BCUT2D eigenvalue weighted by atomic mass is 35.5. The van der Waals surface area contributed by atoms with Gasteiger partial charge in [-0.1, -0.05) is 18.5 Å². The van der Waals surface area contributed by atoms with Crippen molar-refractivity contribution in [3.05, 3.63) is 20.3 Å². The maximum absolute atomic E-state index is 10.8. The maximum Gasteiger partial charge on any atom is 0.468 e. The van der Waals surface area contributed by atoms with Crippen LogP contribution in [-0.4, -0.2) is 0 Å². The highest BCUT2D eigenvalue weighted by Crippen LogP contribution is 2.37. The molecule has 1 atom stereocenters. The summed E-state index contributed by atoms with van der Waals surface area (Å²) in [5, 5.41) is 17.5. The monoisotopic (exact) mass is 257 g/mol. The lowest BCUT2D eigenvalue weighted by molar-refractivity contribution is 0.598. The third-order valence-corrected chi connectivity index (χ3v) is 4.52. The average Bonchev–Trinajstić information content (AvgIpc) is 2.57. The van der Waals surface area contributed by atoms with Gasteiger partial charge in [0.1, 0.15) is 17.0 Å². The van der Waals surface area contributed by atoms with Crippen molar-refractivity contribution in [1.29, 1.82) is 10.5 Å². The summed E-state index contributed by atoms with van der Waals surface area (Å²) in [5.41, 5.74) is 0.272. The third kappa shape index (κ3) is 2.15.